The van der Waals surface area contributed by atoms with Crippen molar-refractivity contribution < 1.29 is 13.5 Å². The van der Waals surface area contributed by atoms with E-state index in [0.29, 0.717) is 5.92 Å². The van der Waals surface area contributed by atoms with Gasteiger partial charge in [0.15, 0.2) is 0 Å². The van der Waals surface area contributed by atoms with Crippen molar-refractivity contribution in [2.24, 2.45) is 5.92 Å². The topological polar surface area (TPSA) is 12.5 Å². The second-order valence-corrected chi connectivity index (χ2v) is 4.27. The van der Waals surface area contributed by atoms with Gasteiger partial charge < -0.3 is 4.74 Å². The molecule has 2 nitrogen and oxygen atoms in total. The van der Waals surface area contributed by atoms with Crippen LogP contribution in [0.25, 0.3) is 0 Å². The van der Waals surface area contributed by atoms with Gasteiger partial charge in [-0.2, -0.15) is 8.78 Å². The van der Waals surface area contributed by atoms with E-state index in [4.69, 9.17) is 0 Å². The standard InChI is InChI=1S/C10H19F2NO.C2H6/c1-8(2)9-5-4-6-13(9)7-10(11,12)14-3;1-2/h8-9H,4-7H2,1-3H3;1-2H3. The van der Waals surface area contributed by atoms with Gasteiger partial charge in [0, 0.05) is 13.2 Å². The van der Waals surface area contributed by atoms with Crippen molar-refractivity contribution in [2.45, 2.75) is 52.7 Å². The summed E-state index contributed by atoms with van der Waals surface area (Å²) in [5.41, 5.74) is 0. The highest BCUT2D eigenvalue weighted by molar-refractivity contribution is 4.82. The molecule has 98 valence electrons. The van der Waals surface area contributed by atoms with E-state index in [-0.39, 0.29) is 12.6 Å². The third kappa shape index (κ3) is 4.74. The summed E-state index contributed by atoms with van der Waals surface area (Å²) in [4.78, 5) is 1.84. The number of methoxy groups -OCH3 is 1. The molecule has 16 heavy (non-hydrogen) atoms. The maximum absolute atomic E-state index is 13.0. The minimum Gasteiger partial charge on any atom is -0.323 e. The summed E-state index contributed by atoms with van der Waals surface area (Å²) in [7, 11) is 1.06. The molecule has 0 aromatic rings. The summed E-state index contributed by atoms with van der Waals surface area (Å²) >= 11 is 0. The molecule has 1 rings (SSSR count). The number of hydrogen-bond donors (Lipinski definition) is 0. The molecule has 0 aromatic carbocycles. The van der Waals surface area contributed by atoms with E-state index in [1.165, 1.54) is 0 Å². The number of halogens is 2. The molecule has 1 aliphatic heterocycles. The Kier molecular flexibility index (Phi) is 7.07. The van der Waals surface area contributed by atoms with Gasteiger partial charge in [-0.1, -0.05) is 27.7 Å². The van der Waals surface area contributed by atoms with Crippen LogP contribution in [0.3, 0.4) is 0 Å². The molecule has 1 fully saturated rings. The van der Waals surface area contributed by atoms with Crippen molar-refractivity contribution in [3.05, 3.63) is 0 Å². The van der Waals surface area contributed by atoms with E-state index in [0.717, 1.165) is 26.5 Å². The van der Waals surface area contributed by atoms with Gasteiger partial charge in [0.25, 0.3) is 0 Å². The Balaban J connectivity index is 0.00000106. The molecule has 1 atom stereocenters. The van der Waals surface area contributed by atoms with Gasteiger partial charge in [0.1, 0.15) is 0 Å². The zero-order valence-corrected chi connectivity index (χ0v) is 11.1. The quantitative estimate of drug-likeness (QED) is 0.743. The lowest BCUT2D eigenvalue weighted by Crippen LogP contribution is -2.42. The first-order chi connectivity index (χ1) is 7.46. The predicted molar refractivity (Wildman–Crippen MR) is 62.7 cm³/mol. The zero-order chi connectivity index (χ0) is 12.8. The maximum atomic E-state index is 13.0. The lowest BCUT2D eigenvalue weighted by molar-refractivity contribution is -0.232. The van der Waals surface area contributed by atoms with Crippen LogP contribution >= 0.6 is 0 Å². The van der Waals surface area contributed by atoms with Crippen molar-refractivity contribution >= 4 is 0 Å². The highest BCUT2D eigenvalue weighted by Crippen LogP contribution is 2.27. The van der Waals surface area contributed by atoms with E-state index in [9.17, 15) is 8.78 Å². The van der Waals surface area contributed by atoms with Crippen molar-refractivity contribution in [1.82, 2.24) is 4.90 Å². The summed E-state index contributed by atoms with van der Waals surface area (Å²) in [6.07, 6.45) is -0.961. The molecule has 0 aliphatic carbocycles. The number of likely N-dealkylation sites (tertiary alicyclic amines) is 1. The fourth-order valence-corrected chi connectivity index (χ4v) is 2.10. The van der Waals surface area contributed by atoms with Crippen molar-refractivity contribution in [2.75, 3.05) is 20.2 Å². The molecule has 0 N–H and O–H groups in total. The normalized spacial score (nSPS) is 22.1. The third-order valence-electron chi connectivity index (χ3n) is 2.87. The van der Waals surface area contributed by atoms with E-state index < -0.39 is 6.11 Å². The summed E-state index contributed by atoms with van der Waals surface area (Å²) in [6.45, 7) is 8.65. The van der Waals surface area contributed by atoms with E-state index in [2.05, 4.69) is 18.6 Å². The molecule has 0 amide bonds. The van der Waals surface area contributed by atoms with Crippen LogP contribution in [0.4, 0.5) is 8.78 Å². The Hall–Kier alpha value is -0.220. The molecule has 0 spiro atoms. The average molecular weight is 237 g/mol. The molecule has 1 aliphatic rings. The molecule has 0 radical (unpaired) electrons. The number of hydrogen-bond acceptors (Lipinski definition) is 2. The molecule has 1 unspecified atom stereocenters. The molecule has 1 saturated heterocycles. The van der Waals surface area contributed by atoms with Crippen LogP contribution < -0.4 is 0 Å². The summed E-state index contributed by atoms with van der Waals surface area (Å²) < 4.78 is 30.1. The van der Waals surface area contributed by atoms with E-state index in [1.807, 2.05) is 18.7 Å². The van der Waals surface area contributed by atoms with E-state index >= 15 is 0 Å². The Morgan fingerprint density at radius 2 is 1.94 bits per heavy atom. The minimum atomic E-state index is -3.00. The first-order valence-electron chi connectivity index (χ1n) is 6.13. The molecule has 0 saturated carbocycles. The smallest absolute Gasteiger partial charge is 0.323 e. The van der Waals surface area contributed by atoms with Gasteiger partial charge in [-0.3, -0.25) is 4.90 Å². The lowest BCUT2D eigenvalue weighted by Gasteiger charge is -2.29. The summed E-state index contributed by atoms with van der Waals surface area (Å²) in [5, 5.41) is 0. The van der Waals surface area contributed by atoms with Crippen LogP contribution in [0.2, 0.25) is 0 Å². The van der Waals surface area contributed by atoms with Crippen molar-refractivity contribution in [1.29, 1.82) is 0 Å². The van der Waals surface area contributed by atoms with Crippen molar-refractivity contribution in [3.63, 3.8) is 0 Å². The van der Waals surface area contributed by atoms with Gasteiger partial charge >= 0.3 is 6.11 Å². The van der Waals surface area contributed by atoms with E-state index in [1.54, 1.807) is 0 Å². The largest absolute Gasteiger partial charge is 0.368 e. The summed E-state index contributed by atoms with van der Waals surface area (Å²) in [5.74, 6) is 0.435. The fourth-order valence-electron chi connectivity index (χ4n) is 2.10. The minimum absolute atomic E-state index is 0.271. The Labute approximate surface area is 98.0 Å². The van der Waals surface area contributed by atoms with Crippen LogP contribution in [0.1, 0.15) is 40.5 Å². The molecular formula is C12H25F2NO. The molecule has 4 heteroatoms. The van der Waals surface area contributed by atoms with Gasteiger partial charge in [-0.05, 0) is 25.3 Å². The third-order valence-corrected chi connectivity index (χ3v) is 2.87. The predicted octanol–water partition coefficient (Wildman–Crippen LogP) is 3.37. The van der Waals surface area contributed by atoms with Gasteiger partial charge in [-0.15, -0.1) is 0 Å². The number of ether oxygens (including phenoxy) is 1. The lowest BCUT2D eigenvalue weighted by atomic mass is 10.0. The van der Waals surface area contributed by atoms with Crippen LogP contribution in [-0.2, 0) is 4.74 Å². The Morgan fingerprint density at radius 3 is 2.38 bits per heavy atom. The van der Waals surface area contributed by atoms with Gasteiger partial charge in [0.2, 0.25) is 0 Å². The average Bonchev–Trinajstić information content (AvgIpc) is 2.68. The second-order valence-electron chi connectivity index (χ2n) is 4.27. The molecule has 0 bridgehead atoms. The van der Waals surface area contributed by atoms with Crippen LogP contribution in [0, 0.1) is 5.92 Å². The monoisotopic (exact) mass is 237 g/mol. The van der Waals surface area contributed by atoms with Crippen LogP contribution in [0.15, 0.2) is 0 Å². The highest BCUT2D eigenvalue weighted by Gasteiger charge is 2.37. The van der Waals surface area contributed by atoms with Crippen LogP contribution in [0.5, 0.6) is 0 Å². The molecule has 0 aromatic heterocycles. The molecular weight excluding hydrogens is 212 g/mol. The fraction of sp³-hybridized carbons (Fsp3) is 1.00. The first-order valence-corrected chi connectivity index (χ1v) is 6.13. The van der Waals surface area contributed by atoms with Crippen LogP contribution in [-0.4, -0.2) is 37.2 Å². The zero-order valence-electron chi connectivity index (χ0n) is 11.1. The number of rotatable bonds is 4. The molecule has 1 heterocycles. The summed E-state index contributed by atoms with van der Waals surface area (Å²) in [6, 6.07) is 0.288. The number of nitrogens with zero attached hydrogens (tertiary/aromatic N) is 1. The van der Waals surface area contributed by atoms with Crippen molar-refractivity contribution in [3.8, 4) is 0 Å². The second kappa shape index (κ2) is 7.17. The van der Waals surface area contributed by atoms with Gasteiger partial charge in [-0.25, -0.2) is 0 Å². The van der Waals surface area contributed by atoms with Gasteiger partial charge in [0.05, 0.1) is 6.54 Å². The first kappa shape index (κ1) is 15.8. The SMILES string of the molecule is CC.COC(F)(F)CN1CCCC1C(C)C. The Bertz CT molecular complexity index is 186. The number of alkyl halides is 2. The Morgan fingerprint density at radius 1 is 1.38 bits per heavy atom. The highest BCUT2D eigenvalue weighted by atomic mass is 19.3. The maximum Gasteiger partial charge on any atom is 0.368 e.